The van der Waals surface area contributed by atoms with Crippen molar-refractivity contribution in [3.05, 3.63) is 0 Å². The summed E-state index contributed by atoms with van der Waals surface area (Å²) >= 11 is 0. The van der Waals surface area contributed by atoms with Crippen molar-refractivity contribution >= 4 is 0 Å². The molecule has 2 nitrogen and oxygen atoms in total. The molecule has 0 aliphatic heterocycles. The third-order valence-electron chi connectivity index (χ3n) is 5.41. The molecule has 2 heteroatoms. The summed E-state index contributed by atoms with van der Waals surface area (Å²) < 4.78 is 0. The fourth-order valence-corrected chi connectivity index (χ4v) is 5.49. The van der Waals surface area contributed by atoms with Crippen LogP contribution in [0.15, 0.2) is 0 Å². The molecule has 0 unspecified atom stereocenters. The lowest BCUT2D eigenvalue weighted by Gasteiger charge is -2.62. The first-order valence-electron chi connectivity index (χ1n) is 6.59. The van der Waals surface area contributed by atoms with E-state index in [1.807, 2.05) is 0 Å². The Balaban J connectivity index is 1.88. The Morgan fingerprint density at radius 1 is 0.933 bits per heavy atom. The zero-order valence-corrected chi connectivity index (χ0v) is 9.67. The molecule has 4 bridgehead atoms. The smallest absolute Gasteiger partial charge is 0.00201 e. The summed E-state index contributed by atoms with van der Waals surface area (Å²) in [5.41, 5.74) is 13.0. The summed E-state index contributed by atoms with van der Waals surface area (Å²) in [7, 11) is 0. The van der Waals surface area contributed by atoms with Gasteiger partial charge >= 0.3 is 0 Å². The van der Waals surface area contributed by atoms with Crippen molar-refractivity contribution in [3.8, 4) is 0 Å². The van der Waals surface area contributed by atoms with Crippen molar-refractivity contribution in [3.63, 3.8) is 0 Å². The Morgan fingerprint density at radius 3 is 2.07 bits per heavy atom. The molecular formula is C13H24N2. The molecule has 4 saturated carbocycles. The van der Waals surface area contributed by atoms with E-state index in [1.165, 1.54) is 44.9 Å². The molecule has 0 aromatic heterocycles. The lowest BCUT2D eigenvalue weighted by Crippen LogP contribution is -2.54. The van der Waals surface area contributed by atoms with Gasteiger partial charge in [0.2, 0.25) is 0 Å². The summed E-state index contributed by atoms with van der Waals surface area (Å²) in [5, 5.41) is 0. The molecule has 4 aliphatic rings. The van der Waals surface area contributed by atoms with Crippen LogP contribution < -0.4 is 11.5 Å². The quantitative estimate of drug-likeness (QED) is 0.744. The maximum Gasteiger partial charge on any atom is -0.00201 e. The maximum absolute atomic E-state index is 6.05. The molecular weight excluding hydrogens is 184 g/mol. The second-order valence-electron chi connectivity index (χ2n) is 6.70. The highest BCUT2D eigenvalue weighted by Crippen LogP contribution is 2.65. The van der Waals surface area contributed by atoms with Crippen molar-refractivity contribution in [1.29, 1.82) is 0 Å². The summed E-state index contributed by atoms with van der Waals surface area (Å²) in [6, 6.07) is 0. The van der Waals surface area contributed by atoms with Crippen LogP contribution >= 0.6 is 0 Å². The molecule has 4 N–H and O–H groups in total. The SMILES string of the molecule is NCCC12C[C@@H]3C[C@H](CC(CN)(C3)C1)C2. The van der Waals surface area contributed by atoms with Crippen LogP contribution in [0.2, 0.25) is 0 Å². The lowest BCUT2D eigenvalue weighted by atomic mass is 9.43. The van der Waals surface area contributed by atoms with Crippen molar-refractivity contribution < 1.29 is 0 Å². The van der Waals surface area contributed by atoms with Gasteiger partial charge in [-0.1, -0.05) is 0 Å². The highest BCUT2D eigenvalue weighted by molar-refractivity contribution is 5.07. The summed E-state index contributed by atoms with van der Waals surface area (Å²) in [6.07, 6.45) is 9.90. The van der Waals surface area contributed by atoms with Gasteiger partial charge in [-0.2, -0.15) is 0 Å². The van der Waals surface area contributed by atoms with Gasteiger partial charge in [-0.25, -0.2) is 0 Å². The molecule has 15 heavy (non-hydrogen) atoms. The molecule has 4 rings (SSSR count). The third-order valence-corrected chi connectivity index (χ3v) is 5.41. The average Bonchev–Trinajstić information content (AvgIpc) is 2.15. The van der Waals surface area contributed by atoms with E-state index in [1.54, 1.807) is 0 Å². The molecule has 86 valence electrons. The standard InChI is InChI=1S/C13H24N2/c14-2-1-12-4-10-3-11(5-12)7-13(6-10,8-12)9-15/h10-11H,1-9,14-15H2/t10-,11-,12?,13?/m0/s1. The predicted molar refractivity (Wildman–Crippen MR) is 62.3 cm³/mol. The van der Waals surface area contributed by atoms with Gasteiger partial charge in [0.15, 0.2) is 0 Å². The predicted octanol–water partition coefficient (Wildman–Crippen LogP) is 1.88. The van der Waals surface area contributed by atoms with Crippen LogP contribution in [0, 0.1) is 22.7 Å². The van der Waals surface area contributed by atoms with E-state index in [4.69, 9.17) is 11.5 Å². The number of hydrogen-bond donors (Lipinski definition) is 2. The molecule has 0 heterocycles. The number of nitrogens with two attached hydrogens (primary N) is 2. The molecule has 0 aromatic rings. The fraction of sp³-hybridized carbons (Fsp3) is 1.00. The van der Waals surface area contributed by atoms with Crippen LogP contribution in [0.3, 0.4) is 0 Å². The van der Waals surface area contributed by atoms with E-state index >= 15 is 0 Å². The Morgan fingerprint density at radius 2 is 1.53 bits per heavy atom. The van der Waals surface area contributed by atoms with Crippen LogP contribution in [0.25, 0.3) is 0 Å². The first kappa shape index (κ1) is 10.1. The van der Waals surface area contributed by atoms with E-state index < -0.39 is 0 Å². The molecule has 0 amide bonds. The molecule has 2 atom stereocenters. The Labute approximate surface area is 92.8 Å². The van der Waals surface area contributed by atoms with E-state index in [0.717, 1.165) is 24.9 Å². The molecule has 0 saturated heterocycles. The molecule has 4 aliphatic carbocycles. The molecule has 0 aromatic carbocycles. The monoisotopic (exact) mass is 208 g/mol. The van der Waals surface area contributed by atoms with Gasteiger partial charge in [0.05, 0.1) is 0 Å². The number of rotatable bonds is 3. The van der Waals surface area contributed by atoms with Crippen LogP contribution in [0.1, 0.15) is 44.9 Å². The van der Waals surface area contributed by atoms with Crippen molar-refractivity contribution in [1.82, 2.24) is 0 Å². The zero-order chi connectivity index (χ0) is 10.5. The van der Waals surface area contributed by atoms with Gasteiger partial charge in [-0.3, -0.25) is 0 Å². The number of hydrogen-bond acceptors (Lipinski definition) is 2. The minimum Gasteiger partial charge on any atom is -0.330 e. The van der Waals surface area contributed by atoms with Crippen LogP contribution in [-0.2, 0) is 0 Å². The van der Waals surface area contributed by atoms with Crippen LogP contribution in [0.5, 0.6) is 0 Å². The van der Waals surface area contributed by atoms with E-state index in [2.05, 4.69) is 0 Å². The van der Waals surface area contributed by atoms with Gasteiger partial charge in [0.1, 0.15) is 0 Å². The molecule has 4 fully saturated rings. The fourth-order valence-electron chi connectivity index (χ4n) is 5.49. The molecule has 0 radical (unpaired) electrons. The Kier molecular flexibility index (Phi) is 2.16. The van der Waals surface area contributed by atoms with Crippen LogP contribution in [-0.4, -0.2) is 13.1 Å². The largest absolute Gasteiger partial charge is 0.330 e. The summed E-state index contributed by atoms with van der Waals surface area (Å²) in [5.74, 6) is 1.97. The van der Waals surface area contributed by atoms with Crippen molar-refractivity contribution in [2.45, 2.75) is 44.9 Å². The minimum absolute atomic E-state index is 0.527. The maximum atomic E-state index is 6.05. The average molecular weight is 208 g/mol. The Hall–Kier alpha value is -0.0800. The van der Waals surface area contributed by atoms with Gasteiger partial charge < -0.3 is 11.5 Å². The van der Waals surface area contributed by atoms with Crippen LogP contribution in [0.4, 0.5) is 0 Å². The van der Waals surface area contributed by atoms with Gasteiger partial charge in [0, 0.05) is 0 Å². The van der Waals surface area contributed by atoms with E-state index in [9.17, 15) is 0 Å². The van der Waals surface area contributed by atoms with Crippen molar-refractivity contribution in [2.75, 3.05) is 13.1 Å². The summed E-state index contributed by atoms with van der Waals surface area (Å²) in [4.78, 5) is 0. The van der Waals surface area contributed by atoms with Gasteiger partial charge in [-0.05, 0) is 80.7 Å². The van der Waals surface area contributed by atoms with Gasteiger partial charge in [0.25, 0.3) is 0 Å². The van der Waals surface area contributed by atoms with Crippen molar-refractivity contribution in [2.24, 2.45) is 34.1 Å². The first-order valence-corrected chi connectivity index (χ1v) is 6.59. The highest BCUT2D eigenvalue weighted by Gasteiger charge is 2.56. The third kappa shape index (κ3) is 1.45. The second-order valence-corrected chi connectivity index (χ2v) is 6.70. The molecule has 0 spiro atoms. The topological polar surface area (TPSA) is 52.0 Å². The normalized spacial score (nSPS) is 52.4. The minimum atomic E-state index is 0.527. The lowest BCUT2D eigenvalue weighted by molar-refractivity contribution is -0.108. The zero-order valence-electron chi connectivity index (χ0n) is 9.67. The summed E-state index contributed by atoms with van der Waals surface area (Å²) in [6.45, 7) is 1.80. The van der Waals surface area contributed by atoms with E-state index in [0.29, 0.717) is 10.8 Å². The van der Waals surface area contributed by atoms with E-state index in [-0.39, 0.29) is 0 Å². The van der Waals surface area contributed by atoms with Gasteiger partial charge in [-0.15, -0.1) is 0 Å². The second kappa shape index (κ2) is 3.21. The first-order chi connectivity index (χ1) is 7.19. The highest BCUT2D eigenvalue weighted by atomic mass is 14.7. The Bertz CT molecular complexity index is 247.